The van der Waals surface area contributed by atoms with E-state index in [-0.39, 0.29) is 42.9 Å². The van der Waals surface area contributed by atoms with Crippen molar-refractivity contribution in [3.8, 4) is 32.5 Å². The van der Waals surface area contributed by atoms with Gasteiger partial charge in [-0.25, -0.2) is 9.36 Å². The number of aromatic nitrogens is 4. The second-order valence-corrected chi connectivity index (χ2v) is 20.1. The molecule has 6 aromatic rings. The Hall–Kier alpha value is -3.82. The summed E-state index contributed by atoms with van der Waals surface area (Å²) in [6, 6.07) is 12.4. The Balaban J connectivity index is 1.01. The van der Waals surface area contributed by atoms with E-state index in [1.165, 1.54) is 33.6 Å². The van der Waals surface area contributed by atoms with Crippen molar-refractivity contribution >= 4 is 101 Å². The van der Waals surface area contributed by atoms with Crippen LogP contribution in [-0.2, 0) is 45.9 Å². The van der Waals surface area contributed by atoms with Crippen molar-refractivity contribution in [1.29, 1.82) is 0 Å². The third kappa shape index (κ3) is 7.52. The Morgan fingerprint density at radius 2 is 1.05 bits per heavy atom. The molecule has 0 atom stereocenters. The molecule has 0 unspecified atom stereocenters. The zero-order chi connectivity index (χ0) is 40.6. The first-order valence-electron chi connectivity index (χ1n) is 16.9. The summed E-state index contributed by atoms with van der Waals surface area (Å²) in [5.74, 6) is -1.000. The lowest BCUT2D eigenvalue weighted by molar-refractivity contribution is 0.0945. The van der Waals surface area contributed by atoms with Crippen molar-refractivity contribution in [3.63, 3.8) is 0 Å². The first-order valence-corrected chi connectivity index (χ1v) is 22.9. The van der Waals surface area contributed by atoms with Crippen molar-refractivity contribution in [2.24, 2.45) is 0 Å². The normalized spacial score (nSPS) is 13.4. The highest BCUT2D eigenvalue weighted by atomic mass is 35.5. The van der Waals surface area contributed by atoms with Crippen LogP contribution in [0.3, 0.4) is 0 Å². The summed E-state index contributed by atoms with van der Waals surface area (Å²) in [7, 11) is -8.97. The van der Waals surface area contributed by atoms with Crippen LogP contribution in [0.15, 0.2) is 56.9 Å². The molecule has 0 radical (unpaired) electrons. The number of fused-ring (bicyclic) bond motifs is 6. The average Bonchev–Trinajstić information content (AvgIpc) is 3.93. The van der Waals surface area contributed by atoms with Crippen LogP contribution < -0.4 is 10.6 Å². The summed E-state index contributed by atoms with van der Waals surface area (Å²) < 4.78 is 70.1. The fraction of sp³-hybridized carbons (Fsp3) is 0.200. The Labute approximate surface area is 352 Å². The van der Waals surface area contributed by atoms with Crippen molar-refractivity contribution in [2.75, 3.05) is 13.1 Å². The molecule has 2 aliphatic rings. The number of thiophene rings is 2. The highest BCUT2D eigenvalue weighted by Crippen LogP contribution is 2.45. The van der Waals surface area contributed by atoms with Crippen molar-refractivity contribution < 1.29 is 35.5 Å². The van der Waals surface area contributed by atoms with Crippen molar-refractivity contribution in [1.82, 2.24) is 30.2 Å². The van der Waals surface area contributed by atoms with E-state index in [0.717, 1.165) is 22.7 Å². The molecule has 4 N–H and O–H groups in total. The van der Waals surface area contributed by atoms with E-state index in [9.17, 15) is 35.5 Å². The molecule has 14 nitrogen and oxygen atoms in total. The van der Waals surface area contributed by atoms with Gasteiger partial charge >= 0.3 is 20.2 Å². The molecule has 0 saturated heterocycles. The second kappa shape index (κ2) is 15.1. The van der Waals surface area contributed by atoms with E-state index in [0.29, 0.717) is 96.9 Å². The lowest BCUT2D eigenvalue weighted by Gasteiger charge is -2.16. The summed E-state index contributed by atoms with van der Waals surface area (Å²) in [5, 5.41) is 16.2. The molecule has 0 aliphatic heterocycles. The Bertz CT molecular complexity index is 2710. The molecule has 2 amide bonds. The molecule has 296 valence electrons. The maximum absolute atomic E-state index is 13.7. The van der Waals surface area contributed by atoms with Gasteiger partial charge in [0.25, 0.3) is 11.8 Å². The Kier molecular flexibility index (Phi) is 10.6. The van der Waals surface area contributed by atoms with Gasteiger partial charge in [-0.15, -0.1) is 22.7 Å². The number of aryl methyl sites for hydroxylation is 2. The maximum atomic E-state index is 13.7. The van der Waals surface area contributed by atoms with Gasteiger partial charge in [0, 0.05) is 34.3 Å². The van der Waals surface area contributed by atoms with Gasteiger partial charge < -0.3 is 10.6 Å². The zero-order valence-corrected chi connectivity index (χ0v) is 35.1. The van der Waals surface area contributed by atoms with Gasteiger partial charge in [0.15, 0.2) is 11.4 Å². The number of halogens is 4. The number of benzene rings is 2. The van der Waals surface area contributed by atoms with E-state index in [1.54, 1.807) is 24.3 Å². The van der Waals surface area contributed by atoms with Gasteiger partial charge in [-0.3, -0.25) is 18.7 Å². The van der Waals surface area contributed by atoms with Crippen LogP contribution in [0.25, 0.3) is 32.5 Å². The van der Waals surface area contributed by atoms with Gasteiger partial charge in [0.05, 0.1) is 42.6 Å². The first-order chi connectivity index (χ1) is 27.0. The summed E-state index contributed by atoms with van der Waals surface area (Å²) in [6.07, 6.45) is 1.83. The minimum Gasteiger partial charge on any atom is -0.351 e. The third-order valence-corrected chi connectivity index (χ3v) is 15.4. The van der Waals surface area contributed by atoms with Gasteiger partial charge in [-0.2, -0.15) is 27.0 Å². The summed E-state index contributed by atoms with van der Waals surface area (Å²) in [5.41, 5.74) is 4.48. The van der Waals surface area contributed by atoms with Gasteiger partial charge in [-0.05, 0) is 91.8 Å². The largest absolute Gasteiger partial charge is 0.351 e. The first kappa shape index (κ1) is 40.0. The molecule has 4 aromatic heterocycles. The van der Waals surface area contributed by atoms with Gasteiger partial charge in [0.2, 0.25) is 0 Å². The number of rotatable bonds is 10. The monoisotopic (exact) mass is 926 g/mol. The fourth-order valence-electron chi connectivity index (χ4n) is 6.87. The average molecular weight is 929 g/mol. The fourth-order valence-corrected chi connectivity index (χ4v) is 11.8. The number of hydrogen-bond acceptors (Lipinski definition) is 10. The predicted molar refractivity (Wildman–Crippen MR) is 218 cm³/mol. The van der Waals surface area contributed by atoms with E-state index >= 15 is 0 Å². The van der Waals surface area contributed by atoms with Crippen molar-refractivity contribution in [3.05, 3.63) is 102 Å². The number of amides is 2. The summed E-state index contributed by atoms with van der Waals surface area (Å²) in [6.45, 7) is 0.285. The topological polar surface area (TPSA) is 203 Å². The van der Waals surface area contributed by atoms with E-state index in [1.807, 2.05) is 0 Å². The smallest absolute Gasteiger partial charge is 0.304 e. The zero-order valence-electron chi connectivity index (χ0n) is 28.8. The van der Waals surface area contributed by atoms with Crippen LogP contribution in [0.5, 0.6) is 0 Å². The van der Waals surface area contributed by atoms with Crippen LogP contribution in [0.4, 0.5) is 0 Å². The SMILES string of the molecule is O=C(NCCCNC(=O)c1nn(-c2ccc(Cl)cc2Cl)c2c1CCc1cc(S(=O)(=O)O)sc1-2)c1nn(-c2ccc(Cl)cc2Cl)c2c1CCc1cc(S(=O)(=O)O)sc1-2. The van der Waals surface area contributed by atoms with Crippen LogP contribution in [0, 0.1) is 0 Å². The lowest BCUT2D eigenvalue weighted by Crippen LogP contribution is -2.31. The lowest BCUT2D eigenvalue weighted by atomic mass is 9.94. The number of carbonyl (C=O) groups excluding carboxylic acids is 2. The number of nitrogens with zero attached hydrogens (tertiary/aromatic N) is 4. The summed E-state index contributed by atoms with van der Waals surface area (Å²) in [4.78, 5) is 28.4. The van der Waals surface area contributed by atoms with E-state index < -0.39 is 32.1 Å². The molecule has 22 heteroatoms. The Morgan fingerprint density at radius 1 is 0.649 bits per heavy atom. The maximum Gasteiger partial charge on any atom is 0.304 e. The number of nitrogens with one attached hydrogen (secondary N) is 2. The van der Waals surface area contributed by atoms with Gasteiger partial charge in [-0.1, -0.05) is 46.4 Å². The summed E-state index contributed by atoms with van der Waals surface area (Å²) >= 11 is 27.1. The molecule has 4 heterocycles. The minimum atomic E-state index is -4.48. The number of hydrogen-bond donors (Lipinski definition) is 4. The highest BCUT2D eigenvalue weighted by molar-refractivity contribution is 7.88. The van der Waals surface area contributed by atoms with E-state index in [4.69, 9.17) is 46.4 Å². The van der Waals surface area contributed by atoms with Gasteiger partial charge in [0.1, 0.15) is 8.42 Å². The molecule has 0 bridgehead atoms. The van der Waals surface area contributed by atoms with Crippen LogP contribution in [0.1, 0.15) is 49.7 Å². The van der Waals surface area contributed by atoms with Crippen LogP contribution in [-0.4, -0.2) is 70.4 Å². The third-order valence-electron chi connectivity index (χ3n) is 9.40. The number of carbonyl (C=O) groups is 2. The molecule has 8 rings (SSSR count). The molecule has 0 spiro atoms. The standard InChI is InChI=1S/C35H26Cl4N6O8S4/c36-18-4-8-24(22(38)14-18)44-30-20(6-2-16-12-26(54-32(16)30)56(48,49)50)28(42-44)34(46)40-10-1-11-41-35(47)29-21-7-3-17-13-27(57(51,52)53)55-33(17)31(21)45(43-29)25-9-5-19(37)15-23(25)39/h4-5,8-9,12-15H,1-3,6-7,10-11H2,(H,40,46)(H,41,47)(H,48,49,50)(H,51,52,53). The predicted octanol–water partition coefficient (Wildman–Crippen LogP) is 7.37. The minimum absolute atomic E-state index is 0.107. The quantitative estimate of drug-likeness (QED) is 0.0794. The molecule has 0 saturated carbocycles. The molecular formula is C35H26Cl4N6O8S4. The molecule has 0 fully saturated rings. The van der Waals surface area contributed by atoms with Crippen LogP contribution in [0.2, 0.25) is 20.1 Å². The molecular weight excluding hydrogens is 902 g/mol. The van der Waals surface area contributed by atoms with E-state index in [2.05, 4.69) is 20.8 Å². The van der Waals surface area contributed by atoms with Crippen LogP contribution >= 0.6 is 69.1 Å². The second-order valence-electron chi connectivity index (χ2n) is 13.0. The molecule has 2 aromatic carbocycles. The highest BCUT2D eigenvalue weighted by Gasteiger charge is 2.34. The molecule has 2 aliphatic carbocycles. The van der Waals surface area contributed by atoms with Crippen molar-refractivity contribution in [2.45, 2.75) is 40.5 Å². The molecule has 57 heavy (non-hydrogen) atoms. The Morgan fingerprint density at radius 3 is 1.42 bits per heavy atom.